The highest BCUT2D eigenvalue weighted by Crippen LogP contribution is 2.27. The fourth-order valence-electron chi connectivity index (χ4n) is 2.97. The third-order valence-corrected chi connectivity index (χ3v) is 4.03. The monoisotopic (exact) mass is 411 g/mol. The molecule has 1 aliphatic rings. The number of amides is 1. The fraction of sp³-hybridized carbons (Fsp3) is 0.611. The molecular formula is C18H25N3O8. The minimum Gasteiger partial charge on any atom is -0.477 e. The zero-order valence-electron chi connectivity index (χ0n) is 16.9. The molecule has 11 heteroatoms. The van der Waals surface area contributed by atoms with Crippen LogP contribution in [0.15, 0.2) is 11.8 Å². The summed E-state index contributed by atoms with van der Waals surface area (Å²) in [6.07, 6.45) is -0.0114. The van der Waals surface area contributed by atoms with Gasteiger partial charge in [0, 0.05) is 20.8 Å². The smallest absolute Gasteiger partial charge is 0.373 e. The molecule has 1 rings (SSSR count). The van der Waals surface area contributed by atoms with E-state index < -0.39 is 54.2 Å². The molecule has 0 aliphatic carbocycles. The topological polar surface area (TPSA) is 153 Å². The molecule has 11 nitrogen and oxygen atoms in total. The Bertz CT molecular complexity index is 714. The van der Waals surface area contributed by atoms with E-state index in [1.165, 1.54) is 19.9 Å². The molecule has 0 radical (unpaired) electrons. The highest BCUT2D eigenvalue weighted by molar-refractivity contribution is 5.86. The van der Waals surface area contributed by atoms with Crippen molar-refractivity contribution in [2.45, 2.75) is 64.5 Å². The van der Waals surface area contributed by atoms with Crippen LogP contribution in [0.3, 0.4) is 0 Å². The standard InChI is InChI=1S/C18H25N3O8/c1-6-13(27-10(3)23)16(28-11(4)24)17-15(21-9(2)22)12(20-8-19)7-14(29-17)18(25)26-5/h7,12-13,15-17,20H,6H2,1-5H3,(H,21,22)/t12-,13+,15+,16+,17+/m0/s1. The van der Waals surface area contributed by atoms with E-state index in [1.807, 2.05) is 0 Å². The molecule has 0 saturated heterocycles. The summed E-state index contributed by atoms with van der Waals surface area (Å²) in [6.45, 7) is 5.30. The summed E-state index contributed by atoms with van der Waals surface area (Å²) in [6, 6.07) is -1.82. The molecular weight excluding hydrogens is 386 g/mol. The van der Waals surface area contributed by atoms with Gasteiger partial charge in [-0.15, -0.1) is 0 Å². The van der Waals surface area contributed by atoms with Gasteiger partial charge < -0.3 is 29.6 Å². The molecule has 160 valence electrons. The maximum absolute atomic E-state index is 12.0. The molecule has 1 heterocycles. The molecule has 29 heavy (non-hydrogen) atoms. The minimum atomic E-state index is -1.19. The summed E-state index contributed by atoms with van der Waals surface area (Å²) in [5, 5.41) is 14.2. The Balaban J connectivity index is 3.48. The van der Waals surface area contributed by atoms with Gasteiger partial charge in [0.05, 0.1) is 19.2 Å². The first-order chi connectivity index (χ1) is 13.6. The van der Waals surface area contributed by atoms with Crippen LogP contribution >= 0.6 is 0 Å². The van der Waals surface area contributed by atoms with Gasteiger partial charge in [0.15, 0.2) is 18.4 Å². The Morgan fingerprint density at radius 3 is 2.28 bits per heavy atom. The average Bonchev–Trinajstić information content (AvgIpc) is 2.64. The fourth-order valence-corrected chi connectivity index (χ4v) is 2.97. The first kappa shape index (κ1) is 23.7. The lowest BCUT2D eigenvalue weighted by atomic mass is 9.91. The zero-order chi connectivity index (χ0) is 22.1. The first-order valence-corrected chi connectivity index (χ1v) is 8.87. The number of hydrogen-bond donors (Lipinski definition) is 2. The number of nitriles is 1. The summed E-state index contributed by atoms with van der Waals surface area (Å²) in [7, 11) is 1.14. The number of rotatable bonds is 8. The summed E-state index contributed by atoms with van der Waals surface area (Å²) in [5.74, 6) is -2.84. The minimum absolute atomic E-state index is 0.248. The number of carbonyl (C=O) groups is 4. The van der Waals surface area contributed by atoms with Gasteiger partial charge in [-0.25, -0.2) is 4.79 Å². The second kappa shape index (κ2) is 10.9. The predicted octanol–water partition coefficient (Wildman–Crippen LogP) is -0.341. The average molecular weight is 411 g/mol. The number of nitrogens with one attached hydrogen (secondary N) is 2. The van der Waals surface area contributed by atoms with E-state index in [2.05, 4.69) is 15.4 Å². The molecule has 0 unspecified atom stereocenters. The normalized spacial score (nSPS) is 22.5. The van der Waals surface area contributed by atoms with Crippen LogP contribution in [0.4, 0.5) is 0 Å². The SMILES string of the molecule is CC[C@@H](OC(C)=O)[C@@H](OC(C)=O)[C@@H]1OC(C(=O)OC)=C[C@H](NC#N)[C@H]1NC(C)=O. The van der Waals surface area contributed by atoms with Crippen molar-refractivity contribution in [2.24, 2.45) is 0 Å². The largest absolute Gasteiger partial charge is 0.477 e. The van der Waals surface area contributed by atoms with Crippen molar-refractivity contribution in [2.75, 3.05) is 7.11 Å². The van der Waals surface area contributed by atoms with Crippen molar-refractivity contribution in [1.82, 2.24) is 10.6 Å². The quantitative estimate of drug-likeness (QED) is 0.235. The Labute approximate surface area is 168 Å². The van der Waals surface area contributed by atoms with E-state index in [0.717, 1.165) is 14.0 Å². The number of methoxy groups -OCH3 is 1. The molecule has 2 N–H and O–H groups in total. The van der Waals surface area contributed by atoms with Crippen molar-refractivity contribution >= 4 is 23.8 Å². The molecule has 0 aromatic rings. The van der Waals surface area contributed by atoms with Gasteiger partial charge in [-0.3, -0.25) is 14.4 Å². The van der Waals surface area contributed by atoms with Gasteiger partial charge in [-0.2, -0.15) is 5.26 Å². The van der Waals surface area contributed by atoms with Gasteiger partial charge >= 0.3 is 17.9 Å². The lowest BCUT2D eigenvalue weighted by Crippen LogP contribution is -2.63. The van der Waals surface area contributed by atoms with Gasteiger partial charge in [0.25, 0.3) is 0 Å². The lowest BCUT2D eigenvalue weighted by Gasteiger charge is -2.41. The number of ether oxygens (including phenoxy) is 4. The van der Waals surface area contributed by atoms with E-state index in [9.17, 15) is 19.2 Å². The Kier molecular flexibility index (Phi) is 8.92. The lowest BCUT2D eigenvalue weighted by molar-refractivity contribution is -0.181. The van der Waals surface area contributed by atoms with Crippen molar-refractivity contribution in [3.8, 4) is 6.19 Å². The number of carbonyl (C=O) groups excluding carboxylic acids is 4. The predicted molar refractivity (Wildman–Crippen MR) is 96.5 cm³/mol. The summed E-state index contributed by atoms with van der Waals surface area (Å²) in [5.41, 5.74) is 0. The first-order valence-electron chi connectivity index (χ1n) is 8.87. The number of nitrogens with zero attached hydrogens (tertiary/aromatic N) is 1. The molecule has 5 atom stereocenters. The van der Waals surface area contributed by atoms with Crippen molar-refractivity contribution in [3.63, 3.8) is 0 Å². The van der Waals surface area contributed by atoms with Crippen LogP contribution in [0.2, 0.25) is 0 Å². The second-order valence-electron chi connectivity index (χ2n) is 6.24. The molecule has 1 aliphatic heterocycles. The van der Waals surface area contributed by atoms with E-state index in [-0.39, 0.29) is 12.2 Å². The van der Waals surface area contributed by atoms with Crippen molar-refractivity contribution < 1.29 is 38.1 Å². The highest BCUT2D eigenvalue weighted by Gasteiger charge is 2.47. The second-order valence-corrected chi connectivity index (χ2v) is 6.24. The van der Waals surface area contributed by atoms with Gasteiger partial charge in [0.1, 0.15) is 6.10 Å². The molecule has 0 aromatic heterocycles. The van der Waals surface area contributed by atoms with Crippen LogP contribution in [0.1, 0.15) is 34.1 Å². The van der Waals surface area contributed by atoms with Crippen LogP contribution < -0.4 is 10.6 Å². The number of hydrogen-bond acceptors (Lipinski definition) is 10. The van der Waals surface area contributed by atoms with Crippen LogP contribution in [0.25, 0.3) is 0 Å². The Hall–Kier alpha value is -3.29. The summed E-state index contributed by atoms with van der Waals surface area (Å²) >= 11 is 0. The molecule has 0 fully saturated rings. The summed E-state index contributed by atoms with van der Waals surface area (Å²) in [4.78, 5) is 47.1. The molecule has 0 spiro atoms. The van der Waals surface area contributed by atoms with Crippen LogP contribution in [0, 0.1) is 11.5 Å². The van der Waals surface area contributed by atoms with Gasteiger partial charge in [-0.1, -0.05) is 6.92 Å². The van der Waals surface area contributed by atoms with Crippen LogP contribution in [0.5, 0.6) is 0 Å². The number of esters is 3. The van der Waals surface area contributed by atoms with Crippen LogP contribution in [-0.4, -0.2) is 61.3 Å². The maximum Gasteiger partial charge on any atom is 0.373 e. The third-order valence-electron chi connectivity index (χ3n) is 4.03. The third kappa shape index (κ3) is 6.67. The molecule has 0 saturated carbocycles. The Morgan fingerprint density at radius 1 is 1.21 bits per heavy atom. The zero-order valence-corrected chi connectivity index (χ0v) is 16.9. The summed E-state index contributed by atoms with van der Waals surface area (Å²) < 4.78 is 21.0. The Morgan fingerprint density at radius 2 is 1.83 bits per heavy atom. The van der Waals surface area contributed by atoms with Crippen molar-refractivity contribution in [3.05, 3.63) is 11.8 Å². The molecule has 0 bridgehead atoms. The van der Waals surface area contributed by atoms with Gasteiger partial charge in [-0.05, 0) is 12.5 Å². The van der Waals surface area contributed by atoms with E-state index >= 15 is 0 Å². The van der Waals surface area contributed by atoms with E-state index in [0.29, 0.717) is 0 Å². The van der Waals surface area contributed by atoms with Gasteiger partial charge in [0.2, 0.25) is 11.7 Å². The van der Waals surface area contributed by atoms with Crippen LogP contribution in [-0.2, 0) is 38.1 Å². The maximum atomic E-state index is 12.0. The van der Waals surface area contributed by atoms with E-state index in [1.54, 1.807) is 13.1 Å². The van der Waals surface area contributed by atoms with E-state index in [4.69, 9.17) is 19.5 Å². The highest BCUT2D eigenvalue weighted by atomic mass is 16.6. The molecule has 1 amide bonds. The molecule has 0 aromatic carbocycles. The van der Waals surface area contributed by atoms with Crippen molar-refractivity contribution in [1.29, 1.82) is 5.26 Å².